The summed E-state index contributed by atoms with van der Waals surface area (Å²) in [5, 5.41) is 12.4. The molecule has 3 N–H and O–H groups in total. The average Bonchev–Trinajstić information content (AvgIpc) is 3.07. The summed E-state index contributed by atoms with van der Waals surface area (Å²) in [7, 11) is 0. The molecule has 3 rings (SSSR count). The molecular weight excluding hydrogens is 352 g/mol. The van der Waals surface area contributed by atoms with Crippen molar-refractivity contribution in [2.75, 3.05) is 24.5 Å². The molecule has 0 bridgehead atoms. The molecule has 0 saturated carbocycles. The number of piperidine rings is 1. The van der Waals surface area contributed by atoms with Crippen molar-refractivity contribution in [3.63, 3.8) is 0 Å². The first-order valence-electron chi connectivity index (χ1n) is 8.79. The van der Waals surface area contributed by atoms with Gasteiger partial charge in [0.15, 0.2) is 11.5 Å². The van der Waals surface area contributed by atoms with Crippen LogP contribution in [0.25, 0.3) is 11.2 Å². The maximum Gasteiger partial charge on any atom is 0.407 e. The standard InChI is InChI=1S/C17H24N6O4/c1-16(2,3)27-15(26)18-8-17(14(24)25)4-6-23(7-5-17)13-11-12(20-9-19-11)21-10-22-13/h9-10H,4-8H2,1-3H3,(H,18,26)(H,24,25)(H,19,20,21,22). The molecule has 1 aliphatic heterocycles. The molecule has 10 heteroatoms. The SMILES string of the molecule is CC(C)(C)OC(=O)NCC1(C(=O)O)CCN(c2ncnc3[nH]cnc23)CC1. The number of hydrogen-bond acceptors (Lipinski definition) is 7. The monoisotopic (exact) mass is 376 g/mol. The van der Waals surface area contributed by atoms with E-state index in [1.54, 1.807) is 27.1 Å². The summed E-state index contributed by atoms with van der Waals surface area (Å²) in [6.45, 7) is 6.27. The Morgan fingerprint density at radius 2 is 2.00 bits per heavy atom. The number of fused-ring (bicyclic) bond motifs is 1. The Kier molecular flexibility index (Phi) is 4.90. The second kappa shape index (κ2) is 7.01. The van der Waals surface area contributed by atoms with Crippen molar-refractivity contribution in [3.8, 4) is 0 Å². The van der Waals surface area contributed by atoms with Gasteiger partial charge in [0.25, 0.3) is 0 Å². The maximum atomic E-state index is 11.9. The zero-order chi connectivity index (χ0) is 19.7. The molecule has 0 radical (unpaired) electrons. The number of aromatic nitrogens is 4. The second-order valence-corrected chi connectivity index (χ2v) is 7.73. The molecule has 0 atom stereocenters. The fraction of sp³-hybridized carbons (Fsp3) is 0.588. The first-order valence-corrected chi connectivity index (χ1v) is 8.79. The number of imidazole rings is 1. The van der Waals surface area contributed by atoms with Crippen molar-refractivity contribution in [2.45, 2.75) is 39.2 Å². The van der Waals surface area contributed by atoms with Crippen molar-refractivity contribution >= 4 is 29.0 Å². The van der Waals surface area contributed by atoms with Crippen LogP contribution in [0, 0.1) is 5.41 Å². The number of carbonyl (C=O) groups is 2. The molecule has 146 valence electrons. The number of H-pyrrole nitrogens is 1. The summed E-state index contributed by atoms with van der Waals surface area (Å²) >= 11 is 0. The minimum atomic E-state index is -1.04. The minimum Gasteiger partial charge on any atom is -0.481 e. The van der Waals surface area contributed by atoms with Gasteiger partial charge in [0.1, 0.15) is 17.4 Å². The van der Waals surface area contributed by atoms with E-state index in [4.69, 9.17) is 4.74 Å². The lowest BCUT2D eigenvalue weighted by atomic mass is 9.78. The smallest absolute Gasteiger partial charge is 0.407 e. The molecule has 3 heterocycles. The zero-order valence-electron chi connectivity index (χ0n) is 15.7. The fourth-order valence-electron chi connectivity index (χ4n) is 3.15. The van der Waals surface area contributed by atoms with E-state index in [0.29, 0.717) is 42.9 Å². The second-order valence-electron chi connectivity index (χ2n) is 7.73. The summed E-state index contributed by atoms with van der Waals surface area (Å²) in [5.74, 6) is -0.244. The van der Waals surface area contributed by atoms with Crippen LogP contribution in [0.15, 0.2) is 12.7 Å². The molecule has 2 aromatic rings. The van der Waals surface area contributed by atoms with Gasteiger partial charge in [-0.15, -0.1) is 0 Å². The number of alkyl carbamates (subject to hydrolysis) is 1. The Morgan fingerprint density at radius 1 is 1.30 bits per heavy atom. The van der Waals surface area contributed by atoms with Crippen LogP contribution in [-0.4, -0.2) is 62.3 Å². The number of aliphatic carboxylic acids is 1. The van der Waals surface area contributed by atoms with Gasteiger partial charge in [-0.3, -0.25) is 4.79 Å². The van der Waals surface area contributed by atoms with Crippen LogP contribution in [0.2, 0.25) is 0 Å². The number of carboxylic acid groups (broad SMARTS) is 1. The Bertz CT molecular complexity index is 835. The zero-order valence-corrected chi connectivity index (χ0v) is 15.7. The molecule has 0 aromatic carbocycles. The molecule has 1 aliphatic rings. The van der Waals surface area contributed by atoms with Gasteiger partial charge in [0, 0.05) is 19.6 Å². The number of carbonyl (C=O) groups excluding carboxylic acids is 1. The highest BCUT2D eigenvalue weighted by molar-refractivity contribution is 5.83. The highest BCUT2D eigenvalue weighted by atomic mass is 16.6. The van der Waals surface area contributed by atoms with Gasteiger partial charge >= 0.3 is 12.1 Å². The largest absolute Gasteiger partial charge is 0.481 e. The number of aromatic amines is 1. The highest BCUT2D eigenvalue weighted by Gasteiger charge is 2.42. The Labute approximate surface area is 156 Å². The lowest BCUT2D eigenvalue weighted by Gasteiger charge is -2.39. The van der Waals surface area contributed by atoms with Crippen molar-refractivity contribution in [1.29, 1.82) is 0 Å². The lowest BCUT2D eigenvalue weighted by molar-refractivity contribution is -0.150. The number of rotatable bonds is 4. The van der Waals surface area contributed by atoms with Crippen molar-refractivity contribution in [2.24, 2.45) is 5.41 Å². The number of hydrogen-bond donors (Lipinski definition) is 3. The quantitative estimate of drug-likeness (QED) is 0.732. The van der Waals surface area contributed by atoms with E-state index >= 15 is 0 Å². The number of amides is 1. The molecule has 0 spiro atoms. The normalized spacial score (nSPS) is 16.9. The maximum absolute atomic E-state index is 11.9. The van der Waals surface area contributed by atoms with Crippen molar-refractivity contribution in [1.82, 2.24) is 25.3 Å². The predicted molar refractivity (Wildman–Crippen MR) is 97.4 cm³/mol. The first-order chi connectivity index (χ1) is 12.7. The third-order valence-electron chi connectivity index (χ3n) is 4.64. The number of carboxylic acids is 1. The van der Waals surface area contributed by atoms with Gasteiger partial charge in [-0.05, 0) is 33.6 Å². The summed E-state index contributed by atoms with van der Waals surface area (Å²) in [4.78, 5) is 41.5. The summed E-state index contributed by atoms with van der Waals surface area (Å²) < 4.78 is 5.20. The van der Waals surface area contributed by atoms with E-state index in [1.807, 2.05) is 4.90 Å². The third-order valence-corrected chi connectivity index (χ3v) is 4.64. The van der Waals surface area contributed by atoms with Crippen LogP contribution in [-0.2, 0) is 9.53 Å². The number of anilines is 1. The molecule has 0 aliphatic carbocycles. The van der Waals surface area contributed by atoms with E-state index in [0.717, 1.165) is 0 Å². The fourth-order valence-corrected chi connectivity index (χ4v) is 3.15. The van der Waals surface area contributed by atoms with Gasteiger partial charge < -0.3 is 25.0 Å². The summed E-state index contributed by atoms with van der Waals surface area (Å²) in [5.41, 5.74) is -0.370. The van der Waals surface area contributed by atoms with Crippen LogP contribution in [0.4, 0.5) is 10.6 Å². The van der Waals surface area contributed by atoms with E-state index in [2.05, 4.69) is 25.3 Å². The average molecular weight is 376 g/mol. The Hall–Kier alpha value is -2.91. The highest BCUT2D eigenvalue weighted by Crippen LogP contribution is 2.34. The molecular formula is C17H24N6O4. The minimum absolute atomic E-state index is 0.0205. The molecule has 2 aromatic heterocycles. The molecule has 0 unspecified atom stereocenters. The number of nitrogens with one attached hydrogen (secondary N) is 2. The third kappa shape index (κ3) is 4.09. The molecule has 1 saturated heterocycles. The van der Waals surface area contributed by atoms with E-state index in [9.17, 15) is 14.7 Å². The first kappa shape index (κ1) is 18.9. The van der Waals surface area contributed by atoms with Crippen molar-refractivity contribution < 1.29 is 19.4 Å². The summed E-state index contributed by atoms with van der Waals surface area (Å²) in [6.07, 6.45) is 3.14. The lowest BCUT2D eigenvalue weighted by Crippen LogP contribution is -2.51. The number of nitrogens with zero attached hydrogens (tertiary/aromatic N) is 4. The van der Waals surface area contributed by atoms with Crippen LogP contribution >= 0.6 is 0 Å². The predicted octanol–water partition coefficient (Wildman–Crippen LogP) is 1.55. The van der Waals surface area contributed by atoms with E-state index < -0.39 is 23.1 Å². The van der Waals surface area contributed by atoms with Crippen LogP contribution in [0.5, 0.6) is 0 Å². The van der Waals surface area contributed by atoms with Gasteiger partial charge in [-0.25, -0.2) is 19.7 Å². The van der Waals surface area contributed by atoms with E-state index in [-0.39, 0.29) is 6.54 Å². The van der Waals surface area contributed by atoms with Gasteiger partial charge in [0.05, 0.1) is 11.7 Å². The van der Waals surface area contributed by atoms with Gasteiger partial charge in [-0.1, -0.05) is 0 Å². The topological polar surface area (TPSA) is 133 Å². The Morgan fingerprint density at radius 3 is 2.63 bits per heavy atom. The summed E-state index contributed by atoms with van der Waals surface area (Å²) in [6, 6.07) is 0. The van der Waals surface area contributed by atoms with E-state index in [1.165, 1.54) is 6.33 Å². The van der Waals surface area contributed by atoms with Crippen LogP contribution in [0.3, 0.4) is 0 Å². The molecule has 1 fully saturated rings. The van der Waals surface area contributed by atoms with Crippen molar-refractivity contribution in [3.05, 3.63) is 12.7 Å². The van der Waals surface area contributed by atoms with Gasteiger partial charge in [-0.2, -0.15) is 0 Å². The molecule has 10 nitrogen and oxygen atoms in total. The molecule has 1 amide bonds. The van der Waals surface area contributed by atoms with Crippen LogP contribution in [0.1, 0.15) is 33.6 Å². The number of ether oxygens (including phenoxy) is 1. The Balaban J connectivity index is 1.67. The van der Waals surface area contributed by atoms with Crippen LogP contribution < -0.4 is 10.2 Å². The molecule has 27 heavy (non-hydrogen) atoms. The van der Waals surface area contributed by atoms with Gasteiger partial charge in [0.2, 0.25) is 0 Å².